The minimum Gasteiger partial charge on any atom is -0.360 e. The number of hydrogen-bond acceptors (Lipinski definition) is 3. The van der Waals surface area contributed by atoms with Crippen LogP contribution in [0.1, 0.15) is 71.1 Å². The van der Waals surface area contributed by atoms with Crippen LogP contribution in [0.3, 0.4) is 0 Å². The van der Waals surface area contributed by atoms with Gasteiger partial charge in [0.2, 0.25) is 0 Å². The largest absolute Gasteiger partial charge is 0.360 e. The van der Waals surface area contributed by atoms with E-state index in [1.54, 1.807) is 6.20 Å². The molecule has 2 aromatic rings. The quantitative estimate of drug-likeness (QED) is 0.586. The van der Waals surface area contributed by atoms with Crippen LogP contribution in [0.5, 0.6) is 0 Å². The number of hydrogen-bond donors (Lipinski definition) is 1. The Hall–Kier alpha value is -2.86. The summed E-state index contributed by atoms with van der Waals surface area (Å²) in [4.78, 5) is 12.8. The lowest BCUT2D eigenvalue weighted by Crippen LogP contribution is -2.12. The number of rotatable bonds is 7. The van der Waals surface area contributed by atoms with Crippen molar-refractivity contribution < 1.29 is 4.79 Å². The van der Waals surface area contributed by atoms with E-state index in [1.165, 1.54) is 16.7 Å². The molecule has 0 spiro atoms. The molecular weight excluding hydrogens is 344 g/mol. The van der Waals surface area contributed by atoms with Crippen molar-refractivity contribution in [2.45, 2.75) is 58.8 Å². The molecule has 0 amide bonds. The van der Waals surface area contributed by atoms with Crippen LogP contribution in [0.15, 0.2) is 48.2 Å². The maximum absolute atomic E-state index is 12.8. The first-order chi connectivity index (χ1) is 13.5. The molecule has 0 saturated carbocycles. The molecule has 1 heterocycles. The van der Waals surface area contributed by atoms with Crippen LogP contribution >= 0.6 is 0 Å². The standard InChI is InChI=1S/C25H28N2O/c1-4-6-20(10-12-25(28)21-11-9-17(2)13-18(21)3)22-7-5-8-24-23(22)14-19(15-26)16-27-24/h5,7-9,11,13,16,20,27H,4,6,10,12,14H2,1-3H3. The summed E-state index contributed by atoms with van der Waals surface area (Å²) < 4.78 is 0. The van der Waals surface area contributed by atoms with Crippen molar-refractivity contribution >= 4 is 11.5 Å². The predicted molar refractivity (Wildman–Crippen MR) is 115 cm³/mol. The molecule has 3 heteroatoms. The Morgan fingerprint density at radius 1 is 1.21 bits per heavy atom. The van der Waals surface area contributed by atoms with Crippen molar-refractivity contribution in [1.29, 1.82) is 5.26 Å². The highest BCUT2D eigenvalue weighted by Crippen LogP contribution is 2.36. The molecule has 144 valence electrons. The van der Waals surface area contributed by atoms with Crippen molar-refractivity contribution in [2.24, 2.45) is 0 Å². The van der Waals surface area contributed by atoms with E-state index in [0.717, 1.165) is 41.6 Å². The summed E-state index contributed by atoms with van der Waals surface area (Å²) in [5.74, 6) is 0.550. The third-order valence-corrected chi connectivity index (χ3v) is 5.60. The first-order valence-corrected chi connectivity index (χ1v) is 10.1. The molecule has 0 aliphatic carbocycles. The second-order valence-corrected chi connectivity index (χ2v) is 7.74. The van der Waals surface area contributed by atoms with Gasteiger partial charge in [0.05, 0.1) is 6.07 Å². The molecule has 1 aliphatic rings. The number of ketones is 1. The topological polar surface area (TPSA) is 52.9 Å². The Bertz CT molecular complexity index is 950. The van der Waals surface area contributed by atoms with Gasteiger partial charge >= 0.3 is 0 Å². The van der Waals surface area contributed by atoms with E-state index < -0.39 is 0 Å². The van der Waals surface area contributed by atoms with Crippen LogP contribution in [0.2, 0.25) is 0 Å². The fourth-order valence-corrected chi connectivity index (χ4v) is 4.17. The lowest BCUT2D eigenvalue weighted by atomic mass is 9.83. The maximum Gasteiger partial charge on any atom is 0.163 e. The van der Waals surface area contributed by atoms with Gasteiger partial charge in [0.25, 0.3) is 0 Å². The van der Waals surface area contributed by atoms with Gasteiger partial charge in [-0.05, 0) is 55.4 Å². The van der Waals surface area contributed by atoms with Gasteiger partial charge in [0.1, 0.15) is 0 Å². The summed E-state index contributed by atoms with van der Waals surface area (Å²) in [5.41, 5.74) is 7.40. The van der Waals surface area contributed by atoms with Crippen LogP contribution in [0.25, 0.3) is 0 Å². The van der Waals surface area contributed by atoms with Gasteiger partial charge in [-0.25, -0.2) is 0 Å². The molecular formula is C25H28N2O. The van der Waals surface area contributed by atoms with E-state index in [2.05, 4.69) is 49.5 Å². The number of anilines is 1. The van der Waals surface area contributed by atoms with Crippen molar-refractivity contribution in [1.82, 2.24) is 0 Å². The molecule has 0 fully saturated rings. The average Bonchev–Trinajstić information content (AvgIpc) is 2.70. The Labute approximate surface area is 168 Å². The number of nitriles is 1. The lowest BCUT2D eigenvalue weighted by molar-refractivity contribution is 0.0976. The van der Waals surface area contributed by atoms with Crippen molar-refractivity contribution in [3.05, 3.63) is 76.0 Å². The Morgan fingerprint density at radius 3 is 2.75 bits per heavy atom. The van der Waals surface area contributed by atoms with E-state index in [4.69, 9.17) is 0 Å². The summed E-state index contributed by atoms with van der Waals surface area (Å²) in [6.45, 7) is 6.25. The molecule has 1 atom stereocenters. The average molecular weight is 373 g/mol. The SMILES string of the molecule is CCCC(CCC(=O)c1ccc(C)cc1C)c1cccc2c1CC(C#N)=CN2. The number of nitrogens with zero attached hydrogens (tertiary/aromatic N) is 1. The molecule has 3 nitrogen and oxygen atoms in total. The minimum atomic E-state index is 0.221. The second kappa shape index (κ2) is 8.89. The zero-order chi connectivity index (χ0) is 20.1. The minimum absolute atomic E-state index is 0.221. The van der Waals surface area contributed by atoms with Crippen molar-refractivity contribution in [3.8, 4) is 6.07 Å². The number of Topliss-reactive ketones (excluding diaryl/α,β-unsaturated/α-hetero) is 1. The Kier molecular flexibility index (Phi) is 6.31. The van der Waals surface area contributed by atoms with Crippen LogP contribution in [0.4, 0.5) is 5.69 Å². The zero-order valence-corrected chi connectivity index (χ0v) is 17.0. The Morgan fingerprint density at radius 2 is 2.04 bits per heavy atom. The maximum atomic E-state index is 12.8. The molecule has 28 heavy (non-hydrogen) atoms. The number of benzene rings is 2. The number of nitrogens with one attached hydrogen (secondary N) is 1. The number of carbonyl (C=O) groups is 1. The van der Waals surface area contributed by atoms with Gasteiger partial charge in [-0.2, -0.15) is 5.26 Å². The lowest BCUT2D eigenvalue weighted by Gasteiger charge is -2.24. The summed E-state index contributed by atoms with van der Waals surface area (Å²) in [6, 6.07) is 14.6. The van der Waals surface area contributed by atoms with Gasteiger partial charge in [0, 0.05) is 35.9 Å². The highest BCUT2D eigenvalue weighted by molar-refractivity contribution is 5.97. The van der Waals surface area contributed by atoms with E-state index in [1.807, 2.05) is 19.1 Å². The zero-order valence-electron chi connectivity index (χ0n) is 17.0. The third-order valence-electron chi connectivity index (χ3n) is 5.60. The first-order valence-electron chi connectivity index (χ1n) is 10.1. The second-order valence-electron chi connectivity index (χ2n) is 7.74. The van der Waals surface area contributed by atoms with Gasteiger partial charge < -0.3 is 5.32 Å². The molecule has 0 radical (unpaired) electrons. The first kappa shape index (κ1) is 19.9. The van der Waals surface area contributed by atoms with Gasteiger partial charge in [-0.3, -0.25) is 4.79 Å². The fraction of sp³-hybridized carbons (Fsp3) is 0.360. The van der Waals surface area contributed by atoms with Crippen molar-refractivity contribution in [2.75, 3.05) is 5.32 Å². The molecule has 1 N–H and O–H groups in total. The molecule has 0 saturated heterocycles. The Balaban J connectivity index is 1.80. The summed E-state index contributed by atoms with van der Waals surface area (Å²) >= 11 is 0. The predicted octanol–water partition coefficient (Wildman–Crippen LogP) is 6.23. The number of aryl methyl sites for hydroxylation is 2. The molecule has 1 unspecified atom stereocenters. The fourth-order valence-electron chi connectivity index (χ4n) is 4.17. The highest BCUT2D eigenvalue weighted by atomic mass is 16.1. The summed E-state index contributed by atoms with van der Waals surface area (Å²) in [7, 11) is 0. The molecule has 0 bridgehead atoms. The summed E-state index contributed by atoms with van der Waals surface area (Å²) in [5, 5.41) is 12.5. The summed E-state index contributed by atoms with van der Waals surface area (Å²) in [6.07, 6.45) is 5.96. The van der Waals surface area contributed by atoms with Crippen LogP contribution < -0.4 is 5.32 Å². The number of fused-ring (bicyclic) bond motifs is 1. The van der Waals surface area contributed by atoms with E-state index in [0.29, 0.717) is 18.8 Å². The van der Waals surface area contributed by atoms with Gasteiger partial charge in [-0.1, -0.05) is 49.2 Å². The molecule has 2 aromatic carbocycles. The highest BCUT2D eigenvalue weighted by Gasteiger charge is 2.21. The monoisotopic (exact) mass is 372 g/mol. The van der Waals surface area contributed by atoms with Gasteiger partial charge in [0.15, 0.2) is 5.78 Å². The molecule has 1 aliphatic heterocycles. The van der Waals surface area contributed by atoms with Gasteiger partial charge in [-0.15, -0.1) is 0 Å². The van der Waals surface area contributed by atoms with Crippen molar-refractivity contribution in [3.63, 3.8) is 0 Å². The van der Waals surface area contributed by atoms with Crippen LogP contribution in [-0.4, -0.2) is 5.78 Å². The van der Waals surface area contributed by atoms with E-state index in [9.17, 15) is 10.1 Å². The van der Waals surface area contributed by atoms with E-state index >= 15 is 0 Å². The third kappa shape index (κ3) is 4.34. The normalized spacial score (nSPS) is 13.7. The molecule has 3 rings (SSSR count). The number of allylic oxidation sites excluding steroid dienone is 1. The van der Waals surface area contributed by atoms with Crippen LogP contribution in [-0.2, 0) is 6.42 Å². The molecule has 0 aromatic heterocycles. The van der Waals surface area contributed by atoms with Crippen LogP contribution in [0, 0.1) is 25.2 Å². The smallest absolute Gasteiger partial charge is 0.163 e. The number of carbonyl (C=O) groups excluding carboxylic acids is 1. The van der Waals surface area contributed by atoms with E-state index in [-0.39, 0.29) is 5.78 Å².